The van der Waals surface area contributed by atoms with Gasteiger partial charge in [-0.1, -0.05) is 30.3 Å². The van der Waals surface area contributed by atoms with Crippen molar-refractivity contribution in [2.75, 3.05) is 12.8 Å². The van der Waals surface area contributed by atoms with Crippen LogP contribution >= 0.6 is 15.9 Å². The molecular weight excluding hydrogens is 336 g/mol. The van der Waals surface area contributed by atoms with Gasteiger partial charge in [-0.3, -0.25) is 0 Å². The van der Waals surface area contributed by atoms with Gasteiger partial charge >= 0.3 is 5.97 Å². The molecule has 0 aliphatic carbocycles. The molecule has 110 valence electrons. The maximum atomic E-state index is 12.0. The molecule has 2 N–H and O–H groups in total. The second-order valence-corrected chi connectivity index (χ2v) is 5.13. The third-order valence-corrected chi connectivity index (χ3v) is 3.75. The first-order chi connectivity index (χ1) is 10.0. The number of rotatable bonds is 4. The van der Waals surface area contributed by atoms with E-state index in [2.05, 4.69) is 20.9 Å². The van der Waals surface area contributed by atoms with Crippen LogP contribution in [-0.4, -0.2) is 18.1 Å². The molecule has 21 heavy (non-hydrogen) atoms. The smallest absolute Gasteiger partial charge is 0.342 e. The Bertz CT molecular complexity index is 660. The van der Waals surface area contributed by atoms with E-state index in [0.29, 0.717) is 10.2 Å². The van der Waals surface area contributed by atoms with Crippen molar-refractivity contribution in [1.29, 1.82) is 0 Å². The molecule has 0 radical (unpaired) electrons. The Morgan fingerprint density at radius 1 is 1.33 bits per heavy atom. The summed E-state index contributed by atoms with van der Waals surface area (Å²) in [5.74, 6) is -0.124. The molecule has 0 unspecified atom stereocenters. The second-order valence-electron chi connectivity index (χ2n) is 4.38. The number of hydrogen-bond acceptors (Lipinski definition) is 5. The number of carbonyl (C=O) groups excluding carboxylic acids is 1. The van der Waals surface area contributed by atoms with Crippen LogP contribution in [0.3, 0.4) is 0 Å². The first-order valence-corrected chi connectivity index (χ1v) is 7.04. The summed E-state index contributed by atoms with van der Waals surface area (Å²) in [6.07, 6.45) is 0. The van der Waals surface area contributed by atoms with Crippen LogP contribution in [0.25, 0.3) is 0 Å². The van der Waals surface area contributed by atoms with Gasteiger partial charge in [-0.25, -0.2) is 9.78 Å². The fourth-order valence-electron chi connectivity index (χ4n) is 1.87. The van der Waals surface area contributed by atoms with E-state index in [1.807, 2.05) is 30.3 Å². The molecule has 0 bridgehead atoms. The van der Waals surface area contributed by atoms with E-state index in [-0.39, 0.29) is 23.7 Å². The topological polar surface area (TPSA) is 74.4 Å². The molecule has 0 fully saturated rings. The molecule has 2 rings (SSSR count). The molecule has 0 atom stereocenters. The number of nitrogens with two attached hydrogens (primary N) is 1. The van der Waals surface area contributed by atoms with E-state index in [9.17, 15) is 4.79 Å². The Morgan fingerprint density at radius 3 is 2.62 bits per heavy atom. The van der Waals surface area contributed by atoms with Crippen LogP contribution < -0.4 is 10.5 Å². The van der Waals surface area contributed by atoms with Crippen molar-refractivity contribution >= 4 is 27.7 Å². The van der Waals surface area contributed by atoms with Gasteiger partial charge < -0.3 is 15.2 Å². The summed E-state index contributed by atoms with van der Waals surface area (Å²) in [6, 6.07) is 9.59. The highest BCUT2D eigenvalue weighted by Gasteiger charge is 2.22. The number of nitrogen functional groups attached to an aromatic ring is 1. The maximum absolute atomic E-state index is 12.0. The molecule has 1 heterocycles. The molecule has 0 amide bonds. The average molecular weight is 351 g/mol. The van der Waals surface area contributed by atoms with Gasteiger partial charge in [-0.2, -0.15) is 0 Å². The number of hydrogen-bond donors (Lipinski definition) is 1. The highest BCUT2D eigenvalue weighted by atomic mass is 79.9. The Morgan fingerprint density at radius 2 is 2.00 bits per heavy atom. The van der Waals surface area contributed by atoms with Crippen molar-refractivity contribution in [3.63, 3.8) is 0 Å². The largest absolute Gasteiger partial charge is 0.484 e. The van der Waals surface area contributed by atoms with Gasteiger partial charge in [0.1, 0.15) is 16.8 Å². The summed E-state index contributed by atoms with van der Waals surface area (Å²) in [7, 11) is 1.31. The summed E-state index contributed by atoms with van der Waals surface area (Å²) in [6.45, 7) is 2.04. The van der Waals surface area contributed by atoms with Crippen LogP contribution in [-0.2, 0) is 11.3 Å². The minimum absolute atomic E-state index is 0.142. The zero-order valence-corrected chi connectivity index (χ0v) is 13.3. The van der Waals surface area contributed by atoms with Crippen LogP contribution in [0.15, 0.2) is 34.9 Å². The Kier molecular flexibility index (Phi) is 4.80. The highest BCUT2D eigenvalue weighted by Crippen LogP contribution is 2.33. The number of pyridine rings is 1. The Labute approximate surface area is 131 Å². The molecule has 0 spiro atoms. The molecule has 5 nitrogen and oxygen atoms in total. The molecular formula is C15H15BrN2O3. The maximum Gasteiger partial charge on any atom is 0.342 e. The minimum Gasteiger partial charge on any atom is -0.484 e. The summed E-state index contributed by atoms with van der Waals surface area (Å²) >= 11 is 3.27. The summed E-state index contributed by atoms with van der Waals surface area (Å²) in [5.41, 5.74) is 7.75. The number of nitrogens with zero attached hydrogens (tertiary/aromatic N) is 1. The number of anilines is 1. The summed E-state index contributed by atoms with van der Waals surface area (Å²) in [4.78, 5) is 16.1. The van der Waals surface area contributed by atoms with E-state index in [4.69, 9.17) is 15.2 Å². The van der Waals surface area contributed by atoms with Gasteiger partial charge in [-0.05, 0) is 28.4 Å². The van der Waals surface area contributed by atoms with Crippen molar-refractivity contribution in [1.82, 2.24) is 4.98 Å². The lowest BCUT2D eigenvalue weighted by molar-refractivity contribution is 0.0594. The van der Waals surface area contributed by atoms with Crippen LogP contribution in [0.2, 0.25) is 0 Å². The molecule has 1 aromatic carbocycles. The van der Waals surface area contributed by atoms with E-state index in [0.717, 1.165) is 5.56 Å². The lowest BCUT2D eigenvalue weighted by Crippen LogP contribution is -2.12. The van der Waals surface area contributed by atoms with E-state index in [1.165, 1.54) is 7.11 Å². The van der Waals surface area contributed by atoms with Crippen molar-refractivity contribution in [2.24, 2.45) is 0 Å². The predicted molar refractivity (Wildman–Crippen MR) is 83.2 cm³/mol. The Balaban J connectivity index is 2.38. The van der Waals surface area contributed by atoms with Gasteiger partial charge in [-0.15, -0.1) is 0 Å². The zero-order valence-electron chi connectivity index (χ0n) is 11.7. The third kappa shape index (κ3) is 3.33. The number of halogens is 1. The number of aromatic nitrogens is 1. The van der Waals surface area contributed by atoms with Crippen molar-refractivity contribution < 1.29 is 14.3 Å². The fourth-order valence-corrected chi connectivity index (χ4v) is 2.25. The first kappa shape index (κ1) is 15.3. The number of carbonyl (C=O) groups is 1. The van der Waals surface area contributed by atoms with E-state index < -0.39 is 5.97 Å². The highest BCUT2D eigenvalue weighted by molar-refractivity contribution is 9.10. The molecule has 6 heteroatoms. The van der Waals surface area contributed by atoms with Gasteiger partial charge in [0.25, 0.3) is 0 Å². The van der Waals surface area contributed by atoms with Gasteiger partial charge in [0.2, 0.25) is 0 Å². The molecule has 0 aliphatic heterocycles. The fraction of sp³-hybridized carbons (Fsp3) is 0.200. The number of methoxy groups -OCH3 is 1. The van der Waals surface area contributed by atoms with Crippen LogP contribution in [0.4, 0.5) is 5.82 Å². The molecule has 0 saturated heterocycles. The lowest BCUT2D eigenvalue weighted by Gasteiger charge is -2.15. The van der Waals surface area contributed by atoms with Crippen LogP contribution in [0.5, 0.6) is 5.75 Å². The summed E-state index contributed by atoms with van der Waals surface area (Å²) < 4.78 is 11.0. The normalized spacial score (nSPS) is 10.2. The van der Waals surface area contributed by atoms with Gasteiger partial charge in [0, 0.05) is 5.56 Å². The van der Waals surface area contributed by atoms with Crippen molar-refractivity contribution in [2.45, 2.75) is 13.5 Å². The first-order valence-electron chi connectivity index (χ1n) is 6.25. The number of benzene rings is 1. The van der Waals surface area contributed by atoms with Gasteiger partial charge in [0.05, 0.1) is 7.11 Å². The van der Waals surface area contributed by atoms with Gasteiger partial charge in [0.15, 0.2) is 11.6 Å². The lowest BCUT2D eigenvalue weighted by atomic mass is 10.1. The summed E-state index contributed by atoms with van der Waals surface area (Å²) in [5, 5.41) is 0. The average Bonchev–Trinajstić information content (AvgIpc) is 2.49. The van der Waals surface area contributed by atoms with Crippen molar-refractivity contribution in [3.05, 3.63) is 51.6 Å². The predicted octanol–water partition coefficient (Wildman–Crippen LogP) is 3.10. The zero-order chi connectivity index (χ0) is 15.4. The van der Waals surface area contributed by atoms with E-state index in [1.54, 1.807) is 6.92 Å². The van der Waals surface area contributed by atoms with Crippen molar-refractivity contribution in [3.8, 4) is 5.75 Å². The van der Waals surface area contributed by atoms with Crippen LogP contribution in [0, 0.1) is 6.92 Å². The molecule has 0 saturated carbocycles. The Hall–Kier alpha value is -2.08. The standard InChI is InChI=1S/C15H15BrN2O3/c1-9-11(15(19)20-2)12(14(17)18-13(9)16)21-8-10-6-4-3-5-7-10/h3-7H,8H2,1-2H3,(H2,17,18). The third-order valence-electron chi connectivity index (χ3n) is 2.98. The molecule has 2 aromatic rings. The molecule has 1 aromatic heterocycles. The van der Waals surface area contributed by atoms with E-state index >= 15 is 0 Å². The number of esters is 1. The monoisotopic (exact) mass is 350 g/mol. The second kappa shape index (κ2) is 6.58. The minimum atomic E-state index is -0.509. The van der Waals surface area contributed by atoms with Crippen LogP contribution in [0.1, 0.15) is 21.5 Å². The SMILES string of the molecule is COC(=O)c1c(C)c(Br)nc(N)c1OCc1ccccc1. The molecule has 0 aliphatic rings. The number of ether oxygens (including phenoxy) is 2. The quantitative estimate of drug-likeness (QED) is 0.677.